The predicted molar refractivity (Wildman–Crippen MR) is 94.0 cm³/mol. The summed E-state index contributed by atoms with van der Waals surface area (Å²) >= 11 is 5.54. The van der Waals surface area contributed by atoms with E-state index < -0.39 is 39.8 Å². The zero-order valence-electron chi connectivity index (χ0n) is 13.4. The first-order chi connectivity index (χ1) is 11.7. The van der Waals surface area contributed by atoms with Gasteiger partial charge in [-0.1, -0.05) is 35.9 Å². The molecule has 0 saturated carbocycles. The number of sulfonamides is 1. The summed E-state index contributed by atoms with van der Waals surface area (Å²) < 4.78 is 24.5. The third kappa shape index (κ3) is 6.15. The Morgan fingerprint density at radius 1 is 1.16 bits per heavy atom. The molecule has 2 unspecified atom stereocenters. The van der Waals surface area contributed by atoms with Crippen molar-refractivity contribution in [3.05, 3.63) is 48.0 Å². The molecule has 1 aromatic carbocycles. The van der Waals surface area contributed by atoms with Gasteiger partial charge in [-0.05, 0) is 31.4 Å². The van der Waals surface area contributed by atoms with Crippen molar-refractivity contribution in [1.82, 2.24) is 4.31 Å². The van der Waals surface area contributed by atoms with E-state index in [2.05, 4.69) is 6.58 Å². The zero-order valence-corrected chi connectivity index (χ0v) is 15.0. The van der Waals surface area contributed by atoms with Gasteiger partial charge in [0, 0.05) is 5.02 Å². The number of hydrogen-bond acceptors (Lipinski definition) is 4. The molecular weight excluding hydrogens is 370 g/mol. The predicted octanol–water partition coefficient (Wildman–Crippen LogP) is 2.23. The maximum atomic E-state index is 11.9. The fraction of sp³-hybridized carbons (Fsp3) is 0.375. The maximum absolute atomic E-state index is 11.9. The first-order valence-electron chi connectivity index (χ1n) is 7.49. The van der Waals surface area contributed by atoms with Crippen LogP contribution in [0.5, 0.6) is 0 Å². The average Bonchev–Trinajstić information content (AvgIpc) is 2.55. The van der Waals surface area contributed by atoms with Gasteiger partial charge in [-0.2, -0.15) is 4.31 Å². The number of benzene rings is 1. The summed E-state index contributed by atoms with van der Waals surface area (Å²) in [6.45, 7) is 3.28. The molecule has 25 heavy (non-hydrogen) atoms. The summed E-state index contributed by atoms with van der Waals surface area (Å²) in [5, 5.41) is 18.8. The number of hydrogen-bond donors (Lipinski definition) is 2. The number of carboxylic acids is 2. The van der Waals surface area contributed by atoms with Gasteiger partial charge in [0.2, 0.25) is 10.0 Å². The van der Waals surface area contributed by atoms with Crippen LogP contribution in [-0.4, -0.2) is 52.7 Å². The van der Waals surface area contributed by atoms with E-state index in [1.54, 1.807) is 0 Å². The number of aliphatic carboxylic acids is 2. The van der Waals surface area contributed by atoms with Crippen LogP contribution < -0.4 is 0 Å². The number of piperidine rings is 1. The van der Waals surface area contributed by atoms with E-state index in [-0.39, 0.29) is 12.8 Å². The highest BCUT2D eigenvalue weighted by Gasteiger charge is 2.45. The van der Waals surface area contributed by atoms with Gasteiger partial charge in [-0.15, -0.1) is 6.58 Å². The quantitative estimate of drug-likeness (QED) is 0.747. The first kappa shape index (κ1) is 21.1. The Morgan fingerprint density at radius 2 is 1.64 bits per heavy atom. The van der Waals surface area contributed by atoms with Gasteiger partial charge in [0.1, 0.15) is 12.1 Å². The molecular formula is C16H20ClNO6S. The van der Waals surface area contributed by atoms with Gasteiger partial charge < -0.3 is 10.2 Å². The summed E-state index contributed by atoms with van der Waals surface area (Å²) in [6.07, 6.45) is 1.72. The summed E-state index contributed by atoms with van der Waals surface area (Å²) in [4.78, 5) is 22.1. The zero-order chi connectivity index (χ0) is 19.0. The average molecular weight is 390 g/mol. The summed E-state index contributed by atoms with van der Waals surface area (Å²) in [6, 6.07) is 6.81. The number of nitrogens with zero attached hydrogens (tertiary/aromatic N) is 1. The van der Waals surface area contributed by atoms with Crippen LogP contribution in [0.2, 0.25) is 5.02 Å². The third-order valence-corrected chi connectivity index (χ3v) is 5.58. The van der Waals surface area contributed by atoms with Crippen molar-refractivity contribution in [3.8, 4) is 0 Å². The van der Waals surface area contributed by atoms with Crippen LogP contribution >= 0.6 is 11.6 Å². The topological polar surface area (TPSA) is 112 Å². The van der Waals surface area contributed by atoms with Crippen LogP contribution in [0.15, 0.2) is 43.0 Å². The Kier molecular flexibility index (Phi) is 8.08. The van der Waals surface area contributed by atoms with Crippen molar-refractivity contribution in [3.63, 3.8) is 0 Å². The third-order valence-electron chi connectivity index (χ3n) is 3.52. The van der Waals surface area contributed by atoms with Crippen molar-refractivity contribution in [2.45, 2.75) is 31.3 Å². The van der Waals surface area contributed by atoms with Gasteiger partial charge in [0.25, 0.3) is 0 Å². The lowest BCUT2D eigenvalue weighted by Crippen LogP contribution is -2.56. The van der Waals surface area contributed by atoms with Crippen LogP contribution in [0.3, 0.4) is 0 Å². The fourth-order valence-corrected chi connectivity index (χ4v) is 4.26. The highest BCUT2D eigenvalue weighted by molar-refractivity contribution is 7.89. The molecule has 2 N–H and O–H groups in total. The van der Waals surface area contributed by atoms with Crippen molar-refractivity contribution >= 4 is 33.6 Å². The van der Waals surface area contributed by atoms with Crippen molar-refractivity contribution in [1.29, 1.82) is 0 Å². The molecule has 1 heterocycles. The van der Waals surface area contributed by atoms with Crippen LogP contribution in [0.25, 0.3) is 0 Å². The van der Waals surface area contributed by atoms with E-state index in [9.17, 15) is 18.0 Å². The van der Waals surface area contributed by atoms with Crippen LogP contribution in [0.4, 0.5) is 0 Å². The van der Waals surface area contributed by atoms with Gasteiger partial charge in [-0.3, -0.25) is 9.59 Å². The van der Waals surface area contributed by atoms with Crippen molar-refractivity contribution in [2.75, 3.05) is 5.75 Å². The van der Waals surface area contributed by atoms with E-state index in [1.165, 1.54) is 0 Å². The van der Waals surface area contributed by atoms with E-state index in [1.807, 2.05) is 30.3 Å². The summed E-state index contributed by atoms with van der Waals surface area (Å²) in [5.74, 6) is -3.12. The number of rotatable bonds is 5. The standard InChI is InChI=1S/C10H15NO6S.C6H5Cl/c1-2-6-18(16,17)11-7(9(12)13)4-3-5-8(11)10(14)15;7-6-4-2-1-3-5-6/h2,7-8H,1,3-6H2,(H,12,13)(H,14,15);1-5H. The molecule has 0 radical (unpaired) electrons. The van der Waals surface area contributed by atoms with E-state index >= 15 is 0 Å². The highest BCUT2D eigenvalue weighted by atomic mass is 35.5. The Morgan fingerprint density at radius 3 is 1.96 bits per heavy atom. The van der Waals surface area contributed by atoms with E-state index in [0.717, 1.165) is 11.1 Å². The molecule has 2 atom stereocenters. The highest BCUT2D eigenvalue weighted by Crippen LogP contribution is 2.27. The van der Waals surface area contributed by atoms with Gasteiger partial charge >= 0.3 is 11.9 Å². The molecule has 0 amide bonds. The summed E-state index contributed by atoms with van der Waals surface area (Å²) in [5.41, 5.74) is 0. The molecule has 1 fully saturated rings. The lowest BCUT2D eigenvalue weighted by atomic mass is 9.99. The summed E-state index contributed by atoms with van der Waals surface area (Å²) in [7, 11) is -3.97. The molecule has 1 aliphatic rings. The minimum absolute atomic E-state index is 0.121. The lowest BCUT2D eigenvalue weighted by Gasteiger charge is -2.36. The normalized spacial score (nSPS) is 20.8. The Hall–Kier alpha value is -1.90. The lowest BCUT2D eigenvalue weighted by molar-refractivity contribution is -0.149. The van der Waals surface area contributed by atoms with Crippen molar-refractivity contribution < 1.29 is 28.2 Å². The SMILES string of the molecule is C=CCS(=O)(=O)N1C(C(=O)O)CCCC1C(=O)O.Clc1ccccc1. The second-order valence-electron chi connectivity index (χ2n) is 5.33. The number of carboxylic acid groups (broad SMARTS) is 2. The van der Waals surface area contributed by atoms with Crippen molar-refractivity contribution in [2.24, 2.45) is 0 Å². The van der Waals surface area contributed by atoms with Crippen LogP contribution in [0, 0.1) is 0 Å². The molecule has 9 heteroatoms. The second kappa shape index (κ2) is 9.55. The Labute approximate surface area is 151 Å². The number of carbonyl (C=O) groups is 2. The van der Waals surface area contributed by atoms with Gasteiger partial charge in [0.05, 0.1) is 5.75 Å². The Balaban J connectivity index is 0.000000370. The molecule has 0 bridgehead atoms. The molecule has 1 aromatic rings. The monoisotopic (exact) mass is 389 g/mol. The second-order valence-corrected chi connectivity index (χ2v) is 7.69. The van der Waals surface area contributed by atoms with Gasteiger partial charge in [0.15, 0.2) is 0 Å². The van der Waals surface area contributed by atoms with Crippen LogP contribution in [0.1, 0.15) is 19.3 Å². The maximum Gasteiger partial charge on any atom is 0.322 e. The molecule has 1 saturated heterocycles. The molecule has 0 aromatic heterocycles. The molecule has 0 spiro atoms. The molecule has 0 aliphatic carbocycles. The number of halogens is 1. The molecule has 1 aliphatic heterocycles. The Bertz CT molecular complexity index is 685. The molecule has 7 nitrogen and oxygen atoms in total. The molecule has 138 valence electrons. The minimum atomic E-state index is -3.97. The molecule has 2 rings (SSSR count). The fourth-order valence-electron chi connectivity index (χ4n) is 2.48. The smallest absolute Gasteiger partial charge is 0.322 e. The first-order valence-corrected chi connectivity index (χ1v) is 9.47. The van der Waals surface area contributed by atoms with Gasteiger partial charge in [-0.25, -0.2) is 8.42 Å². The van der Waals surface area contributed by atoms with E-state index in [0.29, 0.717) is 10.7 Å². The minimum Gasteiger partial charge on any atom is -0.480 e. The van der Waals surface area contributed by atoms with Crippen LogP contribution in [-0.2, 0) is 19.6 Å². The largest absolute Gasteiger partial charge is 0.480 e. The van der Waals surface area contributed by atoms with E-state index in [4.69, 9.17) is 21.8 Å².